The fourth-order valence-corrected chi connectivity index (χ4v) is 8.66. The van der Waals surface area contributed by atoms with Gasteiger partial charge in [0, 0.05) is 17.1 Å². The Labute approximate surface area is 297 Å². The molecule has 0 saturated heterocycles. The summed E-state index contributed by atoms with van der Waals surface area (Å²) in [6.45, 7) is 0. The number of anilines is 3. The normalized spacial score (nSPS) is 11.9. The van der Waals surface area contributed by atoms with Gasteiger partial charge in [-0.1, -0.05) is 152 Å². The molecule has 6 bridgehead atoms. The molecule has 9 aromatic carbocycles. The van der Waals surface area contributed by atoms with Crippen LogP contribution in [-0.2, 0) is 0 Å². The van der Waals surface area contributed by atoms with E-state index in [-0.39, 0.29) is 0 Å². The highest BCUT2D eigenvalue weighted by atomic mass is 15.1. The van der Waals surface area contributed by atoms with Crippen molar-refractivity contribution >= 4 is 38.6 Å². The zero-order valence-corrected chi connectivity index (χ0v) is 27.8. The molecule has 236 valence electrons. The van der Waals surface area contributed by atoms with Crippen LogP contribution in [0.5, 0.6) is 0 Å². The SMILES string of the molecule is c1ccc2c(c1)-c1cccc3c1-c1cc(N(c4ccc(-c5cccc6ccccc56)cc4)c4ccc5ccccc5c4)ccc1-c1cccc-3c1-2. The van der Waals surface area contributed by atoms with Gasteiger partial charge in [0.05, 0.1) is 0 Å². The van der Waals surface area contributed by atoms with Gasteiger partial charge in [0.25, 0.3) is 0 Å². The van der Waals surface area contributed by atoms with Crippen molar-refractivity contribution < 1.29 is 0 Å². The second-order valence-electron chi connectivity index (χ2n) is 13.7. The Balaban J connectivity index is 1.13. The number of fused-ring (bicyclic) bond motifs is 6. The molecule has 2 aliphatic carbocycles. The smallest absolute Gasteiger partial charge is 0.0468 e. The van der Waals surface area contributed by atoms with Gasteiger partial charge in [0.15, 0.2) is 0 Å². The molecule has 2 aliphatic rings. The average Bonchev–Trinajstić information content (AvgIpc) is 3.30. The third kappa shape index (κ3) is 4.22. The van der Waals surface area contributed by atoms with E-state index in [0.29, 0.717) is 0 Å². The zero-order chi connectivity index (χ0) is 33.5. The molecule has 0 fully saturated rings. The Hall–Kier alpha value is -6.70. The average molecular weight is 646 g/mol. The Kier molecular flexibility index (Phi) is 6.02. The quantitative estimate of drug-likeness (QED) is 0.184. The minimum absolute atomic E-state index is 1.12. The minimum atomic E-state index is 1.12. The van der Waals surface area contributed by atoms with Gasteiger partial charge in [0.2, 0.25) is 0 Å². The van der Waals surface area contributed by atoms with Crippen LogP contribution in [0.3, 0.4) is 0 Å². The number of hydrogen-bond donors (Lipinski definition) is 0. The Bertz CT molecular complexity index is 2830. The van der Waals surface area contributed by atoms with Gasteiger partial charge in [-0.2, -0.15) is 0 Å². The van der Waals surface area contributed by atoms with Crippen LogP contribution in [0, 0.1) is 0 Å². The minimum Gasteiger partial charge on any atom is -0.310 e. The summed E-state index contributed by atoms with van der Waals surface area (Å²) in [7, 11) is 0. The van der Waals surface area contributed by atoms with Crippen molar-refractivity contribution in [2.24, 2.45) is 0 Å². The highest BCUT2D eigenvalue weighted by Gasteiger charge is 2.31. The Morgan fingerprint density at radius 2 is 0.745 bits per heavy atom. The molecule has 1 nitrogen and oxygen atoms in total. The van der Waals surface area contributed by atoms with E-state index in [9.17, 15) is 0 Å². The number of rotatable bonds is 4. The zero-order valence-electron chi connectivity index (χ0n) is 27.8. The van der Waals surface area contributed by atoms with Gasteiger partial charge in [-0.05, 0) is 125 Å². The number of nitrogens with zero attached hydrogens (tertiary/aromatic N) is 1. The van der Waals surface area contributed by atoms with Gasteiger partial charge in [-0.25, -0.2) is 0 Å². The van der Waals surface area contributed by atoms with E-state index >= 15 is 0 Å². The summed E-state index contributed by atoms with van der Waals surface area (Å²) in [5.41, 5.74) is 18.8. The second kappa shape index (κ2) is 10.9. The third-order valence-corrected chi connectivity index (χ3v) is 10.9. The van der Waals surface area contributed by atoms with Crippen LogP contribution in [0.15, 0.2) is 188 Å². The monoisotopic (exact) mass is 645 g/mol. The van der Waals surface area contributed by atoms with Crippen LogP contribution in [0.2, 0.25) is 0 Å². The molecule has 0 aliphatic heterocycles. The van der Waals surface area contributed by atoms with Crippen LogP contribution in [0.1, 0.15) is 0 Å². The summed E-state index contributed by atoms with van der Waals surface area (Å²) in [5, 5.41) is 4.98. The van der Waals surface area contributed by atoms with Crippen molar-refractivity contribution in [1.29, 1.82) is 0 Å². The van der Waals surface area contributed by atoms with Crippen molar-refractivity contribution in [1.82, 2.24) is 0 Å². The summed E-state index contributed by atoms with van der Waals surface area (Å²) >= 11 is 0. The summed E-state index contributed by atoms with van der Waals surface area (Å²) in [5.74, 6) is 0. The van der Waals surface area contributed by atoms with E-state index in [0.717, 1.165) is 17.1 Å². The molecular formula is C50H31N. The van der Waals surface area contributed by atoms with Crippen LogP contribution in [0.4, 0.5) is 17.1 Å². The lowest BCUT2D eigenvalue weighted by molar-refractivity contribution is 1.29. The van der Waals surface area contributed by atoms with Gasteiger partial charge in [0.1, 0.15) is 0 Å². The fourth-order valence-electron chi connectivity index (χ4n) is 8.66. The van der Waals surface area contributed by atoms with Crippen LogP contribution < -0.4 is 4.90 Å². The predicted octanol–water partition coefficient (Wildman–Crippen LogP) is 14.1. The van der Waals surface area contributed by atoms with Gasteiger partial charge < -0.3 is 4.90 Å². The molecule has 0 radical (unpaired) electrons. The maximum absolute atomic E-state index is 2.43. The van der Waals surface area contributed by atoms with E-state index in [4.69, 9.17) is 0 Å². The Morgan fingerprint density at radius 3 is 1.53 bits per heavy atom. The molecule has 1 heteroatoms. The first-order valence-corrected chi connectivity index (χ1v) is 17.7. The van der Waals surface area contributed by atoms with Gasteiger partial charge >= 0.3 is 0 Å². The molecule has 0 atom stereocenters. The van der Waals surface area contributed by atoms with Crippen LogP contribution in [0.25, 0.3) is 88.3 Å². The largest absolute Gasteiger partial charge is 0.310 e. The van der Waals surface area contributed by atoms with E-state index in [1.165, 1.54) is 88.3 Å². The van der Waals surface area contributed by atoms with E-state index < -0.39 is 0 Å². The maximum atomic E-state index is 2.43. The summed E-state index contributed by atoms with van der Waals surface area (Å²) < 4.78 is 0. The van der Waals surface area contributed by atoms with Crippen LogP contribution in [-0.4, -0.2) is 0 Å². The highest BCUT2D eigenvalue weighted by Crippen LogP contribution is 2.57. The summed E-state index contributed by atoms with van der Waals surface area (Å²) in [4.78, 5) is 2.42. The molecule has 0 saturated carbocycles. The first kappa shape index (κ1) is 28.2. The van der Waals surface area contributed by atoms with E-state index in [1.807, 2.05) is 0 Å². The van der Waals surface area contributed by atoms with Crippen molar-refractivity contribution in [3.05, 3.63) is 188 Å². The molecule has 0 N–H and O–H groups in total. The lowest BCUT2D eigenvalue weighted by atomic mass is 9.83. The molecular weight excluding hydrogens is 615 g/mol. The number of benzene rings is 9. The lowest BCUT2D eigenvalue weighted by Gasteiger charge is -2.28. The Morgan fingerprint density at radius 1 is 0.255 bits per heavy atom. The second-order valence-corrected chi connectivity index (χ2v) is 13.7. The molecule has 0 unspecified atom stereocenters. The van der Waals surface area contributed by atoms with E-state index in [2.05, 4.69) is 193 Å². The first-order valence-electron chi connectivity index (χ1n) is 17.7. The predicted molar refractivity (Wildman–Crippen MR) is 216 cm³/mol. The molecule has 0 aromatic heterocycles. The van der Waals surface area contributed by atoms with Crippen molar-refractivity contribution in [3.63, 3.8) is 0 Å². The third-order valence-electron chi connectivity index (χ3n) is 10.9. The molecule has 11 rings (SSSR count). The molecule has 0 heterocycles. The van der Waals surface area contributed by atoms with Crippen molar-refractivity contribution in [2.75, 3.05) is 4.90 Å². The van der Waals surface area contributed by atoms with Crippen LogP contribution >= 0.6 is 0 Å². The highest BCUT2D eigenvalue weighted by molar-refractivity contribution is 6.15. The molecule has 9 aromatic rings. The standard InChI is InChI=1S/C50H31N/c1-2-12-35-30-37(27-22-32(35)10-1)51(36-25-23-34(24-26-36)40-17-7-13-33-11-3-4-14-39(33)40)38-28-29-42-45-19-9-20-46-47-21-8-18-44(50(47)48(42)31-38)41-15-5-6-16-43(41)49(45)46/h1-31H. The molecule has 51 heavy (non-hydrogen) atoms. The summed E-state index contributed by atoms with van der Waals surface area (Å²) in [6.07, 6.45) is 0. The fraction of sp³-hybridized carbons (Fsp3) is 0. The first-order chi connectivity index (χ1) is 25.3. The van der Waals surface area contributed by atoms with E-state index in [1.54, 1.807) is 0 Å². The maximum Gasteiger partial charge on any atom is 0.0468 e. The van der Waals surface area contributed by atoms with Gasteiger partial charge in [-0.15, -0.1) is 0 Å². The number of hydrogen-bond acceptors (Lipinski definition) is 1. The molecule has 0 spiro atoms. The summed E-state index contributed by atoms with van der Waals surface area (Å²) in [6, 6.07) is 69.4. The molecule has 0 amide bonds. The lowest BCUT2D eigenvalue weighted by Crippen LogP contribution is -2.10. The van der Waals surface area contributed by atoms with Crippen molar-refractivity contribution in [3.8, 4) is 66.8 Å². The van der Waals surface area contributed by atoms with Crippen molar-refractivity contribution in [2.45, 2.75) is 0 Å². The topological polar surface area (TPSA) is 3.24 Å². The van der Waals surface area contributed by atoms with Gasteiger partial charge in [-0.3, -0.25) is 0 Å².